The van der Waals surface area contributed by atoms with Gasteiger partial charge >= 0.3 is 0 Å². The molecule has 0 fully saturated rings. The van der Waals surface area contributed by atoms with Crippen LogP contribution in [-0.4, -0.2) is 14.2 Å². The fourth-order valence-corrected chi connectivity index (χ4v) is 3.17. The minimum Gasteiger partial charge on any atom is -0.496 e. The molecule has 128 valence electrons. The predicted octanol–water partition coefficient (Wildman–Crippen LogP) is 6.08. The van der Waals surface area contributed by atoms with Crippen molar-refractivity contribution in [3.8, 4) is 33.8 Å². The summed E-state index contributed by atoms with van der Waals surface area (Å²) < 4.78 is 41.0. The van der Waals surface area contributed by atoms with Crippen LogP contribution in [0, 0.1) is 11.6 Å². The van der Waals surface area contributed by atoms with Crippen molar-refractivity contribution in [3.63, 3.8) is 0 Å². The largest absolute Gasteiger partial charge is 0.496 e. The van der Waals surface area contributed by atoms with Gasteiger partial charge in [-0.2, -0.15) is 0 Å². The van der Waals surface area contributed by atoms with Gasteiger partial charge < -0.3 is 9.47 Å². The molecule has 0 saturated heterocycles. The predicted molar refractivity (Wildman–Crippen MR) is 98.0 cm³/mol. The number of benzene rings is 3. The lowest BCUT2D eigenvalue weighted by molar-refractivity contribution is 0.415. The zero-order chi connectivity index (χ0) is 18.0. The van der Waals surface area contributed by atoms with Crippen LogP contribution in [0.4, 0.5) is 8.78 Å². The Kier molecular flexibility index (Phi) is 5.04. The van der Waals surface area contributed by atoms with Gasteiger partial charge in [0.05, 0.1) is 14.2 Å². The summed E-state index contributed by atoms with van der Waals surface area (Å²) in [5, 5.41) is 0. The molecule has 0 saturated carbocycles. The molecule has 0 aliphatic carbocycles. The highest BCUT2D eigenvalue weighted by atomic mass is 79.9. The van der Waals surface area contributed by atoms with Gasteiger partial charge in [-0.25, -0.2) is 8.78 Å². The van der Waals surface area contributed by atoms with Crippen LogP contribution in [0.5, 0.6) is 11.5 Å². The standard InChI is InChI=1S/C20H15BrF2O2/c1-24-17-6-4-3-5-13(17)19-15(22)8-9-16(23)20(19)14-11-12(21)7-10-18(14)25-2/h3-11H,1-2H3. The maximum absolute atomic E-state index is 14.8. The van der Waals surface area contributed by atoms with Gasteiger partial charge in [-0.1, -0.05) is 34.1 Å². The van der Waals surface area contributed by atoms with E-state index in [1.165, 1.54) is 14.2 Å². The van der Waals surface area contributed by atoms with Crippen LogP contribution in [0.15, 0.2) is 59.1 Å². The third-order valence-corrected chi connectivity index (χ3v) is 4.40. The van der Waals surface area contributed by atoms with Crippen molar-refractivity contribution in [2.75, 3.05) is 14.2 Å². The zero-order valence-corrected chi connectivity index (χ0v) is 15.2. The Labute approximate surface area is 153 Å². The van der Waals surface area contributed by atoms with E-state index in [0.717, 1.165) is 16.6 Å². The maximum atomic E-state index is 14.8. The monoisotopic (exact) mass is 404 g/mol. The number of methoxy groups -OCH3 is 2. The Morgan fingerprint density at radius 3 is 1.92 bits per heavy atom. The molecule has 0 spiro atoms. The first-order valence-corrected chi connectivity index (χ1v) is 8.31. The molecule has 2 nitrogen and oxygen atoms in total. The minimum atomic E-state index is -0.543. The van der Waals surface area contributed by atoms with Crippen LogP contribution < -0.4 is 9.47 Å². The van der Waals surface area contributed by atoms with E-state index >= 15 is 0 Å². The molecule has 0 aliphatic rings. The van der Waals surface area contributed by atoms with Crippen molar-refractivity contribution in [2.45, 2.75) is 0 Å². The summed E-state index contributed by atoms with van der Waals surface area (Å²) in [7, 11) is 2.99. The highest BCUT2D eigenvalue weighted by Gasteiger charge is 2.22. The van der Waals surface area contributed by atoms with Gasteiger partial charge in [0.25, 0.3) is 0 Å². The average Bonchev–Trinajstić information content (AvgIpc) is 2.63. The molecule has 0 aliphatic heterocycles. The molecular formula is C20H15BrF2O2. The first-order chi connectivity index (χ1) is 12.1. The second kappa shape index (κ2) is 7.23. The van der Waals surface area contributed by atoms with Gasteiger partial charge in [-0.05, 0) is 36.4 Å². The number of halogens is 3. The number of hydrogen-bond donors (Lipinski definition) is 0. The summed E-state index contributed by atoms with van der Waals surface area (Å²) in [6.07, 6.45) is 0. The lowest BCUT2D eigenvalue weighted by atomic mass is 9.92. The summed E-state index contributed by atoms with van der Waals surface area (Å²) in [5.74, 6) is -0.173. The SMILES string of the molecule is COc1ccccc1-c1c(F)ccc(F)c1-c1cc(Br)ccc1OC. The summed E-state index contributed by atoms with van der Waals surface area (Å²) in [6.45, 7) is 0. The quantitative estimate of drug-likeness (QED) is 0.524. The molecule has 5 heteroatoms. The lowest BCUT2D eigenvalue weighted by Gasteiger charge is -2.17. The Balaban J connectivity index is 2.40. The summed E-state index contributed by atoms with van der Waals surface area (Å²) in [6, 6.07) is 14.4. The van der Waals surface area contributed by atoms with E-state index in [-0.39, 0.29) is 11.1 Å². The topological polar surface area (TPSA) is 18.5 Å². The summed E-state index contributed by atoms with van der Waals surface area (Å²) in [4.78, 5) is 0. The second-order valence-corrected chi connectivity index (χ2v) is 6.24. The molecule has 25 heavy (non-hydrogen) atoms. The highest BCUT2D eigenvalue weighted by Crippen LogP contribution is 2.44. The van der Waals surface area contributed by atoms with E-state index in [1.807, 2.05) is 0 Å². The molecule has 0 amide bonds. The van der Waals surface area contributed by atoms with E-state index in [0.29, 0.717) is 22.6 Å². The number of ether oxygens (including phenoxy) is 2. The van der Waals surface area contributed by atoms with Gasteiger partial charge in [0.2, 0.25) is 0 Å². The second-order valence-electron chi connectivity index (χ2n) is 5.32. The minimum absolute atomic E-state index is 0.127. The first kappa shape index (κ1) is 17.4. The number of para-hydroxylation sites is 1. The van der Waals surface area contributed by atoms with Crippen molar-refractivity contribution in [3.05, 3.63) is 70.7 Å². The van der Waals surface area contributed by atoms with Gasteiger partial charge in [-0.3, -0.25) is 0 Å². The van der Waals surface area contributed by atoms with E-state index < -0.39 is 11.6 Å². The van der Waals surface area contributed by atoms with Crippen LogP contribution in [0.1, 0.15) is 0 Å². The van der Waals surface area contributed by atoms with Crippen molar-refractivity contribution in [1.29, 1.82) is 0 Å². The van der Waals surface area contributed by atoms with Crippen LogP contribution >= 0.6 is 15.9 Å². The Hall–Kier alpha value is -2.40. The third kappa shape index (κ3) is 3.24. The summed E-state index contributed by atoms with van der Waals surface area (Å²) in [5.41, 5.74) is 1.19. The van der Waals surface area contributed by atoms with Crippen LogP contribution in [0.2, 0.25) is 0 Å². The maximum Gasteiger partial charge on any atom is 0.132 e. The molecule has 0 heterocycles. The average molecular weight is 405 g/mol. The fourth-order valence-electron chi connectivity index (χ4n) is 2.81. The zero-order valence-electron chi connectivity index (χ0n) is 13.6. The molecule has 0 bridgehead atoms. The van der Waals surface area contributed by atoms with Gasteiger partial charge in [0, 0.05) is 26.7 Å². The summed E-state index contributed by atoms with van der Waals surface area (Å²) >= 11 is 3.38. The molecule has 0 atom stereocenters. The Morgan fingerprint density at radius 2 is 1.28 bits per heavy atom. The van der Waals surface area contributed by atoms with E-state index in [2.05, 4.69) is 15.9 Å². The van der Waals surface area contributed by atoms with Crippen LogP contribution in [-0.2, 0) is 0 Å². The molecule has 0 unspecified atom stereocenters. The molecule has 3 aromatic rings. The van der Waals surface area contributed by atoms with Crippen molar-refractivity contribution in [2.24, 2.45) is 0 Å². The fraction of sp³-hybridized carbons (Fsp3) is 0.100. The Morgan fingerprint density at radius 1 is 0.720 bits per heavy atom. The van der Waals surface area contributed by atoms with Crippen molar-refractivity contribution < 1.29 is 18.3 Å². The van der Waals surface area contributed by atoms with Crippen molar-refractivity contribution in [1.82, 2.24) is 0 Å². The normalized spacial score (nSPS) is 10.6. The molecule has 0 aromatic heterocycles. The number of hydrogen-bond acceptors (Lipinski definition) is 2. The Bertz CT molecular complexity index is 926. The van der Waals surface area contributed by atoms with E-state index in [1.54, 1.807) is 42.5 Å². The third-order valence-electron chi connectivity index (χ3n) is 3.91. The van der Waals surface area contributed by atoms with E-state index in [9.17, 15) is 8.78 Å². The molecule has 0 radical (unpaired) electrons. The lowest BCUT2D eigenvalue weighted by Crippen LogP contribution is -1.98. The molecular weight excluding hydrogens is 390 g/mol. The van der Waals surface area contributed by atoms with Gasteiger partial charge in [0.1, 0.15) is 23.1 Å². The smallest absolute Gasteiger partial charge is 0.132 e. The van der Waals surface area contributed by atoms with Gasteiger partial charge in [0.15, 0.2) is 0 Å². The van der Waals surface area contributed by atoms with E-state index in [4.69, 9.17) is 9.47 Å². The highest BCUT2D eigenvalue weighted by molar-refractivity contribution is 9.10. The first-order valence-electron chi connectivity index (χ1n) is 7.52. The molecule has 3 aromatic carbocycles. The molecule has 0 N–H and O–H groups in total. The molecule has 3 rings (SSSR count). The van der Waals surface area contributed by atoms with Crippen molar-refractivity contribution >= 4 is 15.9 Å². The van der Waals surface area contributed by atoms with Gasteiger partial charge in [-0.15, -0.1) is 0 Å². The number of rotatable bonds is 4. The van der Waals surface area contributed by atoms with Crippen LogP contribution in [0.25, 0.3) is 22.3 Å². The van der Waals surface area contributed by atoms with Crippen LogP contribution in [0.3, 0.4) is 0 Å².